The number of nitrogens with zero attached hydrogens (tertiary/aromatic N) is 2. The average Bonchev–Trinajstić information content (AvgIpc) is 3.46. The normalized spacial score (nSPS) is 16.1. The molecule has 1 aromatic heterocycles. The van der Waals surface area contributed by atoms with Crippen molar-refractivity contribution >= 4 is 16.9 Å². The maximum absolute atomic E-state index is 13.5. The Balaban J connectivity index is 1.26. The Bertz CT molecular complexity index is 1210. The van der Waals surface area contributed by atoms with Gasteiger partial charge in [0.15, 0.2) is 11.6 Å². The number of carbonyl (C=O) groups is 1. The summed E-state index contributed by atoms with van der Waals surface area (Å²) in [5, 5.41) is 0. The third kappa shape index (κ3) is 4.00. The number of hydrogen-bond acceptors (Lipinski definition) is 2. The first kappa shape index (κ1) is 20.4. The van der Waals surface area contributed by atoms with Crippen molar-refractivity contribution < 1.29 is 13.6 Å². The molecule has 3 aromatic carbocycles. The quantitative estimate of drug-likeness (QED) is 0.434. The number of imidazole rings is 1. The van der Waals surface area contributed by atoms with Crippen LogP contribution in [0.2, 0.25) is 0 Å². The lowest BCUT2D eigenvalue weighted by atomic mass is 10.0. The number of aryl methyl sites for hydroxylation is 1. The fourth-order valence-corrected chi connectivity index (χ4v) is 4.42. The highest BCUT2D eigenvalue weighted by molar-refractivity contribution is 5.78. The highest BCUT2D eigenvalue weighted by Gasteiger charge is 2.32. The van der Waals surface area contributed by atoms with E-state index in [4.69, 9.17) is 0 Å². The van der Waals surface area contributed by atoms with E-state index in [1.807, 2.05) is 23.1 Å². The van der Waals surface area contributed by atoms with Gasteiger partial charge in [0.1, 0.15) is 5.82 Å². The zero-order chi connectivity index (χ0) is 22.1. The molecule has 1 aliphatic rings. The number of amides is 1. The Hall–Kier alpha value is -3.54. The predicted molar refractivity (Wildman–Crippen MR) is 120 cm³/mol. The number of benzene rings is 3. The lowest BCUT2D eigenvalue weighted by Crippen LogP contribution is -2.31. The van der Waals surface area contributed by atoms with E-state index in [0.29, 0.717) is 36.2 Å². The lowest BCUT2D eigenvalue weighted by molar-refractivity contribution is -0.132. The van der Waals surface area contributed by atoms with Crippen LogP contribution in [0.5, 0.6) is 0 Å². The van der Waals surface area contributed by atoms with Crippen molar-refractivity contribution in [3.63, 3.8) is 0 Å². The molecular weight excluding hydrogens is 408 g/mol. The van der Waals surface area contributed by atoms with Gasteiger partial charge in [-0.1, -0.05) is 54.6 Å². The number of halogens is 2. The number of rotatable bonds is 5. The van der Waals surface area contributed by atoms with Crippen LogP contribution in [-0.2, 0) is 11.2 Å². The molecular formula is C26H23F2N3O. The van der Waals surface area contributed by atoms with Gasteiger partial charge < -0.3 is 9.88 Å². The van der Waals surface area contributed by atoms with Crippen LogP contribution in [0.25, 0.3) is 22.2 Å². The van der Waals surface area contributed by atoms with Gasteiger partial charge in [-0.25, -0.2) is 13.8 Å². The van der Waals surface area contributed by atoms with Crippen LogP contribution in [0.4, 0.5) is 8.78 Å². The highest BCUT2D eigenvalue weighted by atomic mass is 19.2. The standard InChI is InChI=1S/C26H23F2N3O/c27-20-15-22-23(16-21(20)28)30-26(29-22)24-7-4-14-31(24)25(32)13-10-17-8-11-19(12-9-17)18-5-2-1-3-6-18/h1-3,5-6,8-9,11-12,15-16,24H,4,7,10,13-14H2,(H,29,30)/t24-/m0/s1. The first-order valence-corrected chi connectivity index (χ1v) is 10.9. The lowest BCUT2D eigenvalue weighted by Gasteiger charge is -2.23. The van der Waals surface area contributed by atoms with Crippen LogP contribution < -0.4 is 0 Å². The summed E-state index contributed by atoms with van der Waals surface area (Å²) in [6.45, 7) is 0.663. The van der Waals surface area contributed by atoms with Crippen LogP contribution in [0.3, 0.4) is 0 Å². The minimum atomic E-state index is -0.923. The van der Waals surface area contributed by atoms with Crippen LogP contribution in [-0.4, -0.2) is 27.3 Å². The van der Waals surface area contributed by atoms with Crippen molar-refractivity contribution in [1.82, 2.24) is 14.9 Å². The smallest absolute Gasteiger partial charge is 0.223 e. The zero-order valence-electron chi connectivity index (χ0n) is 17.5. The third-order valence-corrected chi connectivity index (χ3v) is 6.12. The summed E-state index contributed by atoms with van der Waals surface area (Å²) < 4.78 is 27.1. The molecule has 0 saturated carbocycles. The maximum Gasteiger partial charge on any atom is 0.223 e. The molecule has 0 aliphatic carbocycles. The molecule has 0 bridgehead atoms. The molecule has 6 heteroatoms. The van der Waals surface area contributed by atoms with Crippen molar-refractivity contribution in [1.29, 1.82) is 0 Å². The van der Waals surface area contributed by atoms with E-state index in [1.54, 1.807) is 0 Å². The van der Waals surface area contributed by atoms with E-state index < -0.39 is 11.6 Å². The Labute approximate surface area is 184 Å². The maximum atomic E-state index is 13.5. The summed E-state index contributed by atoms with van der Waals surface area (Å²) in [6, 6.07) is 20.5. The van der Waals surface area contributed by atoms with Gasteiger partial charge in [-0.15, -0.1) is 0 Å². The van der Waals surface area contributed by atoms with E-state index in [1.165, 1.54) is 5.56 Å². The zero-order valence-corrected chi connectivity index (χ0v) is 17.5. The Morgan fingerprint density at radius 3 is 2.50 bits per heavy atom. The van der Waals surface area contributed by atoms with Gasteiger partial charge in [0.25, 0.3) is 0 Å². The van der Waals surface area contributed by atoms with Crippen LogP contribution in [0.15, 0.2) is 66.7 Å². The molecule has 1 aliphatic heterocycles. The van der Waals surface area contributed by atoms with Gasteiger partial charge >= 0.3 is 0 Å². The molecule has 5 rings (SSSR count). The average molecular weight is 431 g/mol. The molecule has 32 heavy (non-hydrogen) atoms. The monoisotopic (exact) mass is 431 g/mol. The minimum Gasteiger partial charge on any atom is -0.340 e. The van der Waals surface area contributed by atoms with Crippen molar-refractivity contribution in [2.45, 2.75) is 31.7 Å². The number of carbonyl (C=O) groups excluding carboxylic acids is 1. The number of nitrogens with one attached hydrogen (secondary N) is 1. The number of likely N-dealkylation sites (tertiary alicyclic amines) is 1. The molecule has 0 spiro atoms. The van der Waals surface area contributed by atoms with Crippen molar-refractivity contribution in [3.05, 3.63) is 89.8 Å². The number of aromatic amines is 1. The van der Waals surface area contributed by atoms with E-state index >= 15 is 0 Å². The summed E-state index contributed by atoms with van der Waals surface area (Å²) in [7, 11) is 0. The summed E-state index contributed by atoms with van der Waals surface area (Å²) in [5.74, 6) is -1.18. The second-order valence-electron chi connectivity index (χ2n) is 8.21. The number of hydrogen-bond donors (Lipinski definition) is 1. The molecule has 0 unspecified atom stereocenters. The molecule has 1 fully saturated rings. The molecule has 0 radical (unpaired) electrons. The largest absolute Gasteiger partial charge is 0.340 e. The van der Waals surface area contributed by atoms with E-state index in [9.17, 15) is 13.6 Å². The molecule has 1 amide bonds. The van der Waals surface area contributed by atoms with Gasteiger partial charge in [-0.05, 0) is 36.0 Å². The van der Waals surface area contributed by atoms with Crippen LogP contribution in [0, 0.1) is 11.6 Å². The predicted octanol–water partition coefficient (Wildman–Crippen LogP) is 5.80. The van der Waals surface area contributed by atoms with Crippen molar-refractivity contribution in [2.24, 2.45) is 0 Å². The topological polar surface area (TPSA) is 49.0 Å². The Morgan fingerprint density at radius 1 is 1.00 bits per heavy atom. The van der Waals surface area contributed by atoms with E-state index in [0.717, 1.165) is 36.1 Å². The first-order valence-electron chi connectivity index (χ1n) is 10.9. The van der Waals surface area contributed by atoms with Gasteiger partial charge in [-0.3, -0.25) is 4.79 Å². The highest BCUT2D eigenvalue weighted by Crippen LogP contribution is 2.32. The second kappa shape index (κ2) is 8.54. The molecule has 162 valence electrons. The summed E-state index contributed by atoms with van der Waals surface area (Å²) in [6.07, 6.45) is 2.72. The van der Waals surface area contributed by atoms with Crippen LogP contribution >= 0.6 is 0 Å². The SMILES string of the molecule is O=C(CCc1ccc(-c2ccccc2)cc1)N1CCC[C@H]1c1nc2cc(F)c(F)cc2[nH]1. The molecule has 1 N–H and O–H groups in total. The molecule has 4 nitrogen and oxygen atoms in total. The minimum absolute atomic E-state index is 0.0671. The molecule has 1 atom stereocenters. The van der Waals surface area contributed by atoms with Crippen LogP contribution in [0.1, 0.15) is 36.7 Å². The fourth-order valence-electron chi connectivity index (χ4n) is 4.42. The van der Waals surface area contributed by atoms with Gasteiger partial charge in [-0.2, -0.15) is 0 Å². The Morgan fingerprint density at radius 2 is 1.72 bits per heavy atom. The summed E-state index contributed by atoms with van der Waals surface area (Å²) in [5.41, 5.74) is 4.25. The third-order valence-electron chi connectivity index (χ3n) is 6.12. The van der Waals surface area contributed by atoms with Crippen molar-refractivity contribution in [2.75, 3.05) is 6.54 Å². The fraction of sp³-hybridized carbons (Fsp3) is 0.231. The number of fused-ring (bicyclic) bond motifs is 1. The number of aromatic nitrogens is 2. The summed E-state index contributed by atoms with van der Waals surface area (Å²) in [4.78, 5) is 22.3. The van der Waals surface area contributed by atoms with E-state index in [-0.39, 0.29) is 11.9 Å². The second-order valence-corrected chi connectivity index (χ2v) is 8.21. The van der Waals surface area contributed by atoms with Gasteiger partial charge in [0, 0.05) is 25.1 Å². The molecule has 4 aromatic rings. The van der Waals surface area contributed by atoms with Gasteiger partial charge in [0.2, 0.25) is 5.91 Å². The molecule has 1 saturated heterocycles. The van der Waals surface area contributed by atoms with E-state index in [2.05, 4.69) is 46.4 Å². The first-order chi connectivity index (χ1) is 15.6. The van der Waals surface area contributed by atoms with Gasteiger partial charge in [0.05, 0.1) is 17.1 Å². The summed E-state index contributed by atoms with van der Waals surface area (Å²) >= 11 is 0. The Kier molecular flexibility index (Phi) is 5.43. The number of H-pyrrole nitrogens is 1. The molecule has 2 heterocycles. The van der Waals surface area contributed by atoms with Crippen molar-refractivity contribution in [3.8, 4) is 11.1 Å².